The van der Waals surface area contributed by atoms with Gasteiger partial charge in [-0.15, -0.1) is 11.3 Å². The molecule has 0 spiro atoms. The van der Waals surface area contributed by atoms with Crippen molar-refractivity contribution in [3.05, 3.63) is 51.3 Å². The Morgan fingerprint density at radius 1 is 1.35 bits per heavy atom. The van der Waals surface area contributed by atoms with Gasteiger partial charge in [-0.05, 0) is 36.1 Å². The lowest BCUT2D eigenvalue weighted by Crippen LogP contribution is -2.48. The van der Waals surface area contributed by atoms with Gasteiger partial charge in [-0.25, -0.2) is 0 Å². The van der Waals surface area contributed by atoms with Crippen LogP contribution in [0.1, 0.15) is 28.9 Å². The summed E-state index contributed by atoms with van der Waals surface area (Å²) in [5, 5.41) is 5.05. The van der Waals surface area contributed by atoms with Gasteiger partial charge in [0.05, 0.1) is 24.3 Å². The normalized spacial score (nSPS) is 19.1. The zero-order valence-electron chi connectivity index (χ0n) is 14.3. The van der Waals surface area contributed by atoms with Gasteiger partial charge in [0.15, 0.2) is 0 Å². The third-order valence-electron chi connectivity index (χ3n) is 4.43. The Hall–Kier alpha value is -1.74. The van der Waals surface area contributed by atoms with E-state index in [2.05, 4.69) is 26.1 Å². The topological polar surface area (TPSA) is 84.7 Å². The number of primary amides is 1. The van der Waals surface area contributed by atoms with Crippen molar-refractivity contribution in [2.24, 2.45) is 5.73 Å². The van der Waals surface area contributed by atoms with Gasteiger partial charge in [0.25, 0.3) is 5.91 Å². The molecule has 1 aliphatic rings. The molecule has 2 heterocycles. The molecule has 8 heteroatoms. The number of nitrogens with one attached hydrogen (secondary N) is 1. The van der Waals surface area contributed by atoms with E-state index in [9.17, 15) is 9.59 Å². The van der Waals surface area contributed by atoms with E-state index in [-0.39, 0.29) is 18.1 Å². The van der Waals surface area contributed by atoms with E-state index in [4.69, 9.17) is 10.5 Å². The Balaban J connectivity index is 1.65. The average molecular weight is 438 g/mol. The highest BCUT2D eigenvalue weighted by Crippen LogP contribution is 2.26. The van der Waals surface area contributed by atoms with Crippen molar-refractivity contribution in [1.29, 1.82) is 0 Å². The standard InChI is InChI=1S/C18H20BrN3O3S/c1-11(17(24)21-18-14(16(20)23)6-9-26-18)22-7-8-25-15(10-22)12-2-4-13(19)5-3-12/h2-6,9,11,15H,7-8,10H2,1H3,(H2,20,23)(H,21,24). The van der Waals surface area contributed by atoms with Gasteiger partial charge < -0.3 is 15.8 Å². The van der Waals surface area contributed by atoms with Gasteiger partial charge in [0.1, 0.15) is 5.00 Å². The van der Waals surface area contributed by atoms with E-state index in [0.29, 0.717) is 30.3 Å². The molecule has 2 amide bonds. The zero-order valence-corrected chi connectivity index (χ0v) is 16.7. The highest BCUT2D eigenvalue weighted by Gasteiger charge is 2.29. The lowest BCUT2D eigenvalue weighted by molar-refractivity contribution is -0.124. The first kappa shape index (κ1) is 19.0. The number of hydrogen-bond acceptors (Lipinski definition) is 5. The van der Waals surface area contributed by atoms with Gasteiger partial charge in [-0.1, -0.05) is 28.1 Å². The Bertz CT molecular complexity index is 793. The first-order valence-corrected chi connectivity index (χ1v) is 9.92. The molecule has 1 fully saturated rings. The first-order valence-electron chi connectivity index (χ1n) is 8.25. The molecule has 2 atom stereocenters. The number of morpholine rings is 1. The van der Waals surface area contributed by atoms with E-state index >= 15 is 0 Å². The summed E-state index contributed by atoms with van der Waals surface area (Å²) in [4.78, 5) is 26.1. The van der Waals surface area contributed by atoms with E-state index in [0.717, 1.165) is 10.0 Å². The van der Waals surface area contributed by atoms with Crippen LogP contribution in [0.4, 0.5) is 5.00 Å². The zero-order chi connectivity index (χ0) is 18.7. The summed E-state index contributed by atoms with van der Waals surface area (Å²) in [5.74, 6) is -0.706. The maximum atomic E-state index is 12.6. The quantitative estimate of drug-likeness (QED) is 0.752. The minimum absolute atomic E-state index is 0.0741. The smallest absolute Gasteiger partial charge is 0.251 e. The van der Waals surface area contributed by atoms with E-state index in [1.165, 1.54) is 11.3 Å². The maximum Gasteiger partial charge on any atom is 0.251 e. The molecule has 26 heavy (non-hydrogen) atoms. The number of halogens is 1. The lowest BCUT2D eigenvalue weighted by Gasteiger charge is -2.36. The third-order valence-corrected chi connectivity index (χ3v) is 5.79. The van der Waals surface area contributed by atoms with Crippen LogP contribution in [0.15, 0.2) is 40.2 Å². The summed E-state index contributed by atoms with van der Waals surface area (Å²) in [6.07, 6.45) is -0.0741. The van der Waals surface area contributed by atoms with Crippen LogP contribution in [-0.4, -0.2) is 42.5 Å². The summed E-state index contributed by atoms with van der Waals surface area (Å²) in [5.41, 5.74) is 6.75. The summed E-state index contributed by atoms with van der Waals surface area (Å²) in [6.45, 7) is 3.72. The molecule has 2 aromatic rings. The molecular formula is C18H20BrN3O3S. The van der Waals surface area contributed by atoms with E-state index in [1.807, 2.05) is 31.2 Å². The first-order chi connectivity index (χ1) is 12.5. The van der Waals surface area contributed by atoms with E-state index < -0.39 is 5.91 Å². The minimum Gasteiger partial charge on any atom is -0.371 e. The molecule has 1 aromatic heterocycles. The van der Waals surface area contributed by atoms with E-state index in [1.54, 1.807) is 11.4 Å². The van der Waals surface area contributed by atoms with Crippen LogP contribution in [0, 0.1) is 0 Å². The molecule has 0 aliphatic carbocycles. The molecule has 2 unspecified atom stereocenters. The van der Waals surface area contributed by atoms with Crippen molar-refractivity contribution in [3.63, 3.8) is 0 Å². The summed E-state index contributed by atoms with van der Waals surface area (Å²) >= 11 is 4.72. The number of nitrogens with two attached hydrogens (primary N) is 1. The number of thiophene rings is 1. The fourth-order valence-electron chi connectivity index (χ4n) is 2.88. The highest BCUT2D eigenvalue weighted by molar-refractivity contribution is 9.10. The van der Waals surface area contributed by atoms with Crippen LogP contribution in [0.25, 0.3) is 0 Å². The Kier molecular flexibility index (Phi) is 6.08. The number of benzene rings is 1. The largest absolute Gasteiger partial charge is 0.371 e. The van der Waals surface area contributed by atoms with Crippen molar-refractivity contribution < 1.29 is 14.3 Å². The van der Waals surface area contributed by atoms with Crippen LogP contribution < -0.4 is 11.1 Å². The van der Waals surface area contributed by atoms with Gasteiger partial charge >= 0.3 is 0 Å². The van der Waals surface area contributed by atoms with Gasteiger partial charge in [0, 0.05) is 17.6 Å². The maximum absolute atomic E-state index is 12.6. The molecule has 3 N–H and O–H groups in total. The van der Waals surface area contributed by atoms with Crippen molar-refractivity contribution in [2.45, 2.75) is 19.1 Å². The lowest BCUT2D eigenvalue weighted by atomic mass is 10.1. The number of carbonyl (C=O) groups is 2. The predicted molar refractivity (Wildman–Crippen MR) is 105 cm³/mol. The fourth-order valence-corrected chi connectivity index (χ4v) is 3.94. The number of rotatable bonds is 5. The van der Waals surface area contributed by atoms with Gasteiger partial charge in [-0.3, -0.25) is 14.5 Å². The summed E-state index contributed by atoms with van der Waals surface area (Å²) in [7, 11) is 0. The molecule has 138 valence electrons. The third kappa shape index (κ3) is 4.32. The van der Waals surface area contributed by atoms with Crippen LogP contribution in [0.2, 0.25) is 0 Å². The van der Waals surface area contributed by atoms with Crippen LogP contribution >= 0.6 is 27.3 Å². The number of anilines is 1. The molecule has 0 bridgehead atoms. The monoisotopic (exact) mass is 437 g/mol. The molecule has 1 saturated heterocycles. The minimum atomic E-state index is -0.545. The molecule has 6 nitrogen and oxygen atoms in total. The second-order valence-electron chi connectivity index (χ2n) is 6.10. The molecule has 1 aliphatic heterocycles. The number of hydrogen-bond donors (Lipinski definition) is 2. The van der Waals surface area contributed by atoms with Crippen LogP contribution in [0.3, 0.4) is 0 Å². The van der Waals surface area contributed by atoms with Crippen molar-refractivity contribution in [3.8, 4) is 0 Å². The fraction of sp³-hybridized carbons (Fsp3) is 0.333. The second kappa shape index (κ2) is 8.30. The van der Waals surface area contributed by atoms with Gasteiger partial charge in [0.2, 0.25) is 5.91 Å². The number of amides is 2. The van der Waals surface area contributed by atoms with Crippen LogP contribution in [0.5, 0.6) is 0 Å². The summed E-state index contributed by atoms with van der Waals surface area (Å²) in [6, 6.07) is 9.28. The van der Waals surface area contributed by atoms with Crippen molar-refractivity contribution in [2.75, 3.05) is 25.0 Å². The Labute approximate surface area is 164 Å². The second-order valence-corrected chi connectivity index (χ2v) is 7.93. The highest BCUT2D eigenvalue weighted by atomic mass is 79.9. The SMILES string of the molecule is CC(C(=O)Nc1sccc1C(N)=O)N1CCOC(c2ccc(Br)cc2)C1. The molecule has 3 rings (SSSR count). The molecule has 0 radical (unpaired) electrons. The molecule has 1 aromatic carbocycles. The van der Waals surface area contributed by atoms with Gasteiger partial charge in [-0.2, -0.15) is 0 Å². The molecular weight excluding hydrogens is 418 g/mol. The molecule has 0 saturated carbocycles. The van der Waals surface area contributed by atoms with Crippen molar-refractivity contribution in [1.82, 2.24) is 4.90 Å². The number of nitrogens with zero attached hydrogens (tertiary/aromatic N) is 1. The Morgan fingerprint density at radius 2 is 2.08 bits per heavy atom. The number of ether oxygens (including phenoxy) is 1. The van der Waals surface area contributed by atoms with Crippen molar-refractivity contribution >= 4 is 44.1 Å². The summed E-state index contributed by atoms with van der Waals surface area (Å²) < 4.78 is 6.89. The Morgan fingerprint density at radius 3 is 2.77 bits per heavy atom. The average Bonchev–Trinajstić information content (AvgIpc) is 3.10. The van der Waals surface area contributed by atoms with Crippen LogP contribution in [-0.2, 0) is 9.53 Å². The predicted octanol–water partition coefficient (Wildman–Crippen LogP) is 3.01. The number of carbonyl (C=O) groups excluding carboxylic acids is 2.